The van der Waals surface area contributed by atoms with E-state index in [0.717, 1.165) is 23.7 Å². The second kappa shape index (κ2) is 3.10. The van der Waals surface area contributed by atoms with Crippen LogP contribution in [0.15, 0.2) is 18.2 Å². The first-order valence-corrected chi connectivity index (χ1v) is 6.66. The lowest BCUT2D eigenvalue weighted by molar-refractivity contribution is 0.682. The fraction of sp³-hybridized carbons (Fsp3) is 0.600. The molecule has 1 aliphatic heterocycles. The van der Waals surface area contributed by atoms with E-state index >= 15 is 0 Å². The fourth-order valence-corrected chi connectivity index (χ4v) is 3.62. The Kier molecular flexibility index (Phi) is 1.79. The van der Waals surface area contributed by atoms with Crippen LogP contribution in [-0.2, 0) is 0 Å². The van der Waals surface area contributed by atoms with Gasteiger partial charge in [-0.2, -0.15) is 0 Å². The number of aryl methyl sites for hydroxylation is 1. The van der Waals surface area contributed by atoms with Crippen LogP contribution in [0.1, 0.15) is 41.4 Å². The summed E-state index contributed by atoms with van der Waals surface area (Å²) in [5.74, 6) is 3.68. The molecule has 1 saturated heterocycles. The van der Waals surface area contributed by atoms with Gasteiger partial charge in [0.2, 0.25) is 0 Å². The van der Waals surface area contributed by atoms with Crippen LogP contribution in [0.4, 0.5) is 0 Å². The maximum Gasteiger partial charge on any atom is -0.00111 e. The summed E-state index contributed by atoms with van der Waals surface area (Å²) in [5.41, 5.74) is 4.77. The Morgan fingerprint density at radius 3 is 2.50 bits per heavy atom. The van der Waals surface area contributed by atoms with Crippen LogP contribution in [-0.4, -0.2) is 13.1 Å². The van der Waals surface area contributed by atoms with Gasteiger partial charge in [-0.05, 0) is 73.2 Å². The van der Waals surface area contributed by atoms with Crippen molar-refractivity contribution in [3.63, 3.8) is 0 Å². The van der Waals surface area contributed by atoms with E-state index in [1.54, 1.807) is 16.7 Å². The summed E-state index contributed by atoms with van der Waals surface area (Å²) in [4.78, 5) is 0. The van der Waals surface area contributed by atoms with Gasteiger partial charge in [0, 0.05) is 0 Å². The molecule has 1 heteroatoms. The summed E-state index contributed by atoms with van der Waals surface area (Å²) in [7, 11) is 0. The maximum absolute atomic E-state index is 3.48. The number of benzene rings is 1. The second-order valence-corrected chi connectivity index (χ2v) is 5.90. The van der Waals surface area contributed by atoms with Crippen molar-refractivity contribution in [3.8, 4) is 0 Å². The lowest BCUT2D eigenvalue weighted by Crippen LogP contribution is -2.14. The summed E-state index contributed by atoms with van der Waals surface area (Å²) in [6.45, 7) is 4.81. The second-order valence-electron chi connectivity index (χ2n) is 5.90. The molecule has 0 unspecified atom stereocenters. The first kappa shape index (κ1) is 9.23. The average molecular weight is 213 g/mol. The van der Waals surface area contributed by atoms with E-state index in [2.05, 4.69) is 30.4 Å². The van der Waals surface area contributed by atoms with E-state index in [0.29, 0.717) is 0 Å². The molecule has 84 valence electrons. The van der Waals surface area contributed by atoms with Crippen molar-refractivity contribution in [1.29, 1.82) is 0 Å². The van der Waals surface area contributed by atoms with E-state index in [1.807, 2.05) is 0 Å². The SMILES string of the molecule is Cc1cc(C2CC2)ccc1[C@H]1[C@@H]2CNC[C@@H]21. The molecule has 0 aromatic heterocycles. The van der Waals surface area contributed by atoms with Crippen molar-refractivity contribution in [3.05, 3.63) is 34.9 Å². The predicted octanol–water partition coefficient (Wildman–Crippen LogP) is 2.81. The van der Waals surface area contributed by atoms with E-state index in [1.165, 1.54) is 25.9 Å². The average Bonchev–Trinajstić information content (AvgIpc) is 3.18. The predicted molar refractivity (Wildman–Crippen MR) is 65.7 cm³/mol. The Morgan fingerprint density at radius 1 is 1.12 bits per heavy atom. The van der Waals surface area contributed by atoms with Crippen molar-refractivity contribution in [1.82, 2.24) is 5.32 Å². The van der Waals surface area contributed by atoms with Gasteiger partial charge in [0.05, 0.1) is 0 Å². The van der Waals surface area contributed by atoms with Gasteiger partial charge in [-0.25, -0.2) is 0 Å². The summed E-state index contributed by atoms with van der Waals surface area (Å²) >= 11 is 0. The molecule has 0 radical (unpaired) electrons. The van der Waals surface area contributed by atoms with Gasteiger partial charge in [-0.1, -0.05) is 18.2 Å². The van der Waals surface area contributed by atoms with Gasteiger partial charge in [0.25, 0.3) is 0 Å². The van der Waals surface area contributed by atoms with Crippen LogP contribution in [0.3, 0.4) is 0 Å². The van der Waals surface area contributed by atoms with E-state index < -0.39 is 0 Å². The van der Waals surface area contributed by atoms with Crippen LogP contribution >= 0.6 is 0 Å². The van der Waals surface area contributed by atoms with Gasteiger partial charge < -0.3 is 5.32 Å². The van der Waals surface area contributed by atoms with Crippen LogP contribution in [0.25, 0.3) is 0 Å². The lowest BCUT2D eigenvalue weighted by atomic mass is 9.97. The van der Waals surface area contributed by atoms with Gasteiger partial charge in [-0.15, -0.1) is 0 Å². The molecular weight excluding hydrogens is 194 g/mol. The third kappa shape index (κ3) is 1.27. The summed E-state index contributed by atoms with van der Waals surface area (Å²) in [6.07, 6.45) is 2.83. The molecule has 1 nitrogen and oxygen atoms in total. The zero-order valence-electron chi connectivity index (χ0n) is 9.87. The molecule has 1 N–H and O–H groups in total. The van der Waals surface area contributed by atoms with Gasteiger partial charge in [-0.3, -0.25) is 0 Å². The zero-order valence-corrected chi connectivity index (χ0v) is 9.87. The van der Waals surface area contributed by atoms with Crippen molar-refractivity contribution in [2.75, 3.05) is 13.1 Å². The van der Waals surface area contributed by atoms with E-state index in [4.69, 9.17) is 0 Å². The van der Waals surface area contributed by atoms with Crippen LogP contribution in [0, 0.1) is 18.8 Å². The monoisotopic (exact) mass is 213 g/mol. The van der Waals surface area contributed by atoms with E-state index in [-0.39, 0.29) is 0 Å². The highest BCUT2D eigenvalue weighted by Crippen LogP contribution is 2.56. The third-order valence-corrected chi connectivity index (χ3v) is 4.79. The highest BCUT2D eigenvalue weighted by molar-refractivity contribution is 5.41. The molecule has 3 fully saturated rings. The molecule has 1 aromatic rings. The molecule has 16 heavy (non-hydrogen) atoms. The number of rotatable bonds is 2. The highest BCUT2D eigenvalue weighted by Gasteiger charge is 2.53. The molecule has 3 aliphatic rings. The summed E-state index contributed by atoms with van der Waals surface area (Å²) in [5, 5.41) is 3.48. The smallest absolute Gasteiger partial charge is 0.00111 e. The standard InChI is InChI=1S/C15H19N/c1-9-6-11(10-2-3-10)4-5-12(9)15-13-7-16-8-14(13)15/h4-6,10,13-16H,2-3,7-8H2,1H3/t13-,14+,15+. The molecular formula is C15H19N. The normalized spacial score (nSPS) is 36.2. The van der Waals surface area contributed by atoms with Gasteiger partial charge in [0.15, 0.2) is 0 Å². The van der Waals surface area contributed by atoms with Crippen LogP contribution < -0.4 is 5.32 Å². The number of nitrogens with one attached hydrogen (secondary N) is 1. The number of piperidine rings is 1. The molecule has 2 aliphatic carbocycles. The maximum atomic E-state index is 3.48. The molecule has 1 heterocycles. The minimum absolute atomic E-state index is 0.884. The Bertz CT molecular complexity index is 423. The molecule has 3 atom stereocenters. The third-order valence-electron chi connectivity index (χ3n) is 4.79. The molecule has 0 bridgehead atoms. The van der Waals surface area contributed by atoms with Gasteiger partial charge >= 0.3 is 0 Å². The van der Waals surface area contributed by atoms with Crippen molar-refractivity contribution >= 4 is 0 Å². The molecule has 2 saturated carbocycles. The van der Waals surface area contributed by atoms with Crippen LogP contribution in [0.2, 0.25) is 0 Å². The minimum Gasteiger partial charge on any atom is -0.316 e. The highest BCUT2D eigenvalue weighted by atomic mass is 15.0. The van der Waals surface area contributed by atoms with Crippen molar-refractivity contribution in [2.45, 2.75) is 31.6 Å². The Labute approximate surface area is 97.2 Å². The number of hydrogen-bond acceptors (Lipinski definition) is 1. The molecule has 4 rings (SSSR count). The molecule has 1 aromatic carbocycles. The quantitative estimate of drug-likeness (QED) is 0.796. The van der Waals surface area contributed by atoms with E-state index in [9.17, 15) is 0 Å². The zero-order chi connectivity index (χ0) is 10.7. The van der Waals surface area contributed by atoms with Crippen molar-refractivity contribution < 1.29 is 0 Å². The lowest BCUT2D eigenvalue weighted by Gasteiger charge is -2.10. The molecule has 0 spiro atoms. The number of fused-ring (bicyclic) bond motifs is 1. The Morgan fingerprint density at radius 2 is 1.88 bits per heavy atom. The first-order valence-electron chi connectivity index (χ1n) is 6.66. The van der Waals surface area contributed by atoms with Crippen LogP contribution in [0.5, 0.6) is 0 Å². The largest absolute Gasteiger partial charge is 0.316 e. The van der Waals surface area contributed by atoms with Gasteiger partial charge in [0.1, 0.15) is 0 Å². The molecule has 0 amide bonds. The Balaban J connectivity index is 1.63. The summed E-state index contributed by atoms with van der Waals surface area (Å²) in [6, 6.07) is 7.27. The number of hydrogen-bond donors (Lipinski definition) is 1. The summed E-state index contributed by atoms with van der Waals surface area (Å²) < 4.78 is 0. The van der Waals surface area contributed by atoms with Crippen molar-refractivity contribution in [2.24, 2.45) is 11.8 Å². The topological polar surface area (TPSA) is 12.0 Å². The first-order chi connectivity index (χ1) is 7.84. The Hall–Kier alpha value is -0.820. The minimum atomic E-state index is 0.884. The fourth-order valence-electron chi connectivity index (χ4n) is 3.62.